The van der Waals surface area contributed by atoms with Crippen LogP contribution < -0.4 is 5.73 Å². The zero-order valence-corrected chi connectivity index (χ0v) is 12.8. The number of hydrogen-bond acceptors (Lipinski definition) is 3. The Labute approximate surface area is 120 Å². The number of carbonyl (C=O) groups excluding carboxylic acids is 1. The molecule has 0 radical (unpaired) electrons. The number of thioether (sulfide) groups is 1. The van der Waals surface area contributed by atoms with E-state index in [1.165, 1.54) is 5.56 Å². The maximum atomic E-state index is 12.0. The standard InChI is InChI=1S/C13H17BrN2OS/c1-9-6-10(14)2-3-12(9)18-8-13(17)16-5-4-11(15)7-16/h2-3,6,11H,4-5,7-8,15H2,1H3/t11-/m1/s1. The molecule has 1 heterocycles. The Kier molecular flexibility index (Phi) is 4.70. The van der Waals surface area contributed by atoms with Crippen LogP contribution in [0.5, 0.6) is 0 Å². The van der Waals surface area contributed by atoms with Crippen molar-refractivity contribution in [2.45, 2.75) is 24.3 Å². The summed E-state index contributed by atoms with van der Waals surface area (Å²) in [6.45, 7) is 3.57. The predicted octanol–water partition coefficient (Wildman–Crippen LogP) is 2.41. The number of nitrogens with zero attached hydrogens (tertiary/aromatic N) is 1. The van der Waals surface area contributed by atoms with E-state index in [1.807, 2.05) is 17.0 Å². The normalized spacial score (nSPS) is 19.3. The van der Waals surface area contributed by atoms with Crippen molar-refractivity contribution in [3.05, 3.63) is 28.2 Å². The molecule has 0 bridgehead atoms. The van der Waals surface area contributed by atoms with Crippen LogP contribution in [0, 0.1) is 6.92 Å². The van der Waals surface area contributed by atoms with Gasteiger partial charge in [0.05, 0.1) is 5.75 Å². The molecular formula is C13H17BrN2OS. The minimum Gasteiger partial charge on any atom is -0.340 e. The molecule has 3 nitrogen and oxygen atoms in total. The highest BCUT2D eigenvalue weighted by molar-refractivity contribution is 9.10. The molecule has 0 unspecified atom stereocenters. The number of likely N-dealkylation sites (tertiary alicyclic amines) is 1. The molecule has 0 spiro atoms. The number of halogens is 1. The molecule has 1 aliphatic heterocycles. The molecule has 1 fully saturated rings. The van der Waals surface area contributed by atoms with E-state index in [0.717, 1.165) is 22.3 Å². The van der Waals surface area contributed by atoms with Gasteiger partial charge in [-0.3, -0.25) is 4.79 Å². The lowest BCUT2D eigenvalue weighted by Crippen LogP contribution is -2.33. The van der Waals surface area contributed by atoms with Gasteiger partial charge >= 0.3 is 0 Å². The van der Waals surface area contributed by atoms with Gasteiger partial charge in [0.2, 0.25) is 5.91 Å². The van der Waals surface area contributed by atoms with Crippen LogP contribution in [0.4, 0.5) is 0 Å². The van der Waals surface area contributed by atoms with Gasteiger partial charge in [-0.25, -0.2) is 0 Å². The largest absolute Gasteiger partial charge is 0.340 e. The molecule has 2 N–H and O–H groups in total. The summed E-state index contributed by atoms with van der Waals surface area (Å²) in [5, 5.41) is 0. The van der Waals surface area contributed by atoms with Gasteiger partial charge in [0, 0.05) is 28.5 Å². The molecule has 18 heavy (non-hydrogen) atoms. The lowest BCUT2D eigenvalue weighted by molar-refractivity contribution is -0.127. The molecule has 1 aliphatic rings. The first-order valence-corrected chi connectivity index (χ1v) is 7.76. The summed E-state index contributed by atoms with van der Waals surface area (Å²) >= 11 is 5.04. The minimum absolute atomic E-state index is 0.161. The Balaban J connectivity index is 1.89. The first-order valence-electron chi connectivity index (χ1n) is 5.98. The summed E-state index contributed by atoms with van der Waals surface area (Å²) in [7, 11) is 0. The van der Waals surface area contributed by atoms with Crippen LogP contribution >= 0.6 is 27.7 Å². The third-order valence-electron chi connectivity index (χ3n) is 3.07. The predicted molar refractivity (Wildman–Crippen MR) is 78.8 cm³/mol. The Morgan fingerprint density at radius 1 is 1.61 bits per heavy atom. The van der Waals surface area contributed by atoms with Crippen LogP contribution in [0.25, 0.3) is 0 Å². The maximum Gasteiger partial charge on any atom is 0.232 e. The van der Waals surface area contributed by atoms with Gasteiger partial charge in [-0.05, 0) is 37.1 Å². The van der Waals surface area contributed by atoms with Crippen molar-refractivity contribution >= 4 is 33.6 Å². The van der Waals surface area contributed by atoms with Crippen molar-refractivity contribution in [3.63, 3.8) is 0 Å². The Hall–Kier alpha value is -0.520. The highest BCUT2D eigenvalue weighted by atomic mass is 79.9. The Morgan fingerprint density at radius 3 is 3.00 bits per heavy atom. The van der Waals surface area contributed by atoms with Crippen molar-refractivity contribution in [2.75, 3.05) is 18.8 Å². The van der Waals surface area contributed by atoms with Gasteiger partial charge in [-0.1, -0.05) is 15.9 Å². The number of aryl methyl sites for hydroxylation is 1. The van der Waals surface area contributed by atoms with E-state index < -0.39 is 0 Å². The van der Waals surface area contributed by atoms with Crippen molar-refractivity contribution in [3.8, 4) is 0 Å². The third kappa shape index (κ3) is 3.49. The molecule has 1 saturated heterocycles. The molecule has 1 aromatic rings. The second-order valence-corrected chi connectivity index (χ2v) is 6.52. The van der Waals surface area contributed by atoms with E-state index >= 15 is 0 Å². The highest BCUT2D eigenvalue weighted by Gasteiger charge is 2.23. The quantitative estimate of drug-likeness (QED) is 0.867. The Bertz CT molecular complexity index is 453. The van der Waals surface area contributed by atoms with Gasteiger partial charge in [-0.2, -0.15) is 0 Å². The monoisotopic (exact) mass is 328 g/mol. The van der Waals surface area contributed by atoms with Gasteiger partial charge in [-0.15, -0.1) is 11.8 Å². The maximum absolute atomic E-state index is 12.0. The number of benzene rings is 1. The van der Waals surface area contributed by atoms with Crippen molar-refractivity contribution in [2.24, 2.45) is 5.73 Å². The zero-order chi connectivity index (χ0) is 13.1. The van der Waals surface area contributed by atoms with Crippen LogP contribution in [-0.2, 0) is 4.79 Å². The Morgan fingerprint density at radius 2 is 2.39 bits per heavy atom. The fraction of sp³-hybridized carbons (Fsp3) is 0.462. The van der Waals surface area contributed by atoms with Crippen molar-refractivity contribution in [1.29, 1.82) is 0 Å². The fourth-order valence-corrected chi connectivity index (χ4v) is 3.41. The van der Waals surface area contributed by atoms with E-state index in [-0.39, 0.29) is 11.9 Å². The molecular weight excluding hydrogens is 312 g/mol. The first-order chi connectivity index (χ1) is 8.56. The van der Waals surface area contributed by atoms with Crippen LogP contribution in [0.2, 0.25) is 0 Å². The summed E-state index contributed by atoms with van der Waals surface area (Å²) in [5.41, 5.74) is 7.00. The van der Waals surface area contributed by atoms with Crippen LogP contribution in [0.3, 0.4) is 0 Å². The summed E-state index contributed by atoms with van der Waals surface area (Å²) in [6.07, 6.45) is 0.924. The van der Waals surface area contributed by atoms with Crippen LogP contribution in [-0.4, -0.2) is 35.7 Å². The van der Waals surface area contributed by atoms with E-state index in [1.54, 1.807) is 11.8 Å². The van der Waals surface area contributed by atoms with Gasteiger partial charge in [0.25, 0.3) is 0 Å². The molecule has 1 aromatic carbocycles. The van der Waals surface area contributed by atoms with E-state index in [0.29, 0.717) is 12.3 Å². The summed E-state index contributed by atoms with van der Waals surface area (Å²) in [6, 6.07) is 6.28. The van der Waals surface area contributed by atoms with Crippen molar-refractivity contribution < 1.29 is 4.79 Å². The second-order valence-electron chi connectivity index (χ2n) is 4.59. The number of hydrogen-bond donors (Lipinski definition) is 1. The highest BCUT2D eigenvalue weighted by Crippen LogP contribution is 2.25. The summed E-state index contributed by atoms with van der Waals surface area (Å²) < 4.78 is 1.07. The molecule has 1 atom stereocenters. The fourth-order valence-electron chi connectivity index (χ4n) is 2.02. The number of amides is 1. The van der Waals surface area contributed by atoms with E-state index in [2.05, 4.69) is 28.9 Å². The van der Waals surface area contributed by atoms with Crippen LogP contribution in [0.15, 0.2) is 27.6 Å². The first kappa shape index (κ1) is 13.9. The average molecular weight is 329 g/mol. The van der Waals surface area contributed by atoms with Crippen LogP contribution in [0.1, 0.15) is 12.0 Å². The van der Waals surface area contributed by atoms with Crippen molar-refractivity contribution in [1.82, 2.24) is 4.90 Å². The summed E-state index contributed by atoms with van der Waals surface area (Å²) in [4.78, 5) is 15.0. The van der Waals surface area contributed by atoms with E-state index in [9.17, 15) is 4.79 Å². The number of rotatable bonds is 3. The minimum atomic E-state index is 0.161. The topological polar surface area (TPSA) is 46.3 Å². The smallest absolute Gasteiger partial charge is 0.232 e. The average Bonchev–Trinajstić information content (AvgIpc) is 2.74. The third-order valence-corrected chi connectivity index (χ3v) is 4.72. The summed E-state index contributed by atoms with van der Waals surface area (Å²) in [5.74, 6) is 0.685. The molecule has 0 saturated carbocycles. The van der Waals surface area contributed by atoms with Gasteiger partial charge in [0.15, 0.2) is 0 Å². The zero-order valence-electron chi connectivity index (χ0n) is 10.4. The molecule has 2 rings (SSSR count). The molecule has 0 aliphatic carbocycles. The number of carbonyl (C=O) groups is 1. The lowest BCUT2D eigenvalue weighted by atomic mass is 10.2. The molecule has 1 amide bonds. The van der Waals surface area contributed by atoms with Gasteiger partial charge < -0.3 is 10.6 Å². The van der Waals surface area contributed by atoms with E-state index in [4.69, 9.17) is 5.73 Å². The second kappa shape index (κ2) is 6.08. The number of nitrogens with two attached hydrogens (primary N) is 1. The van der Waals surface area contributed by atoms with Gasteiger partial charge in [0.1, 0.15) is 0 Å². The molecule has 5 heteroatoms. The molecule has 98 valence electrons. The SMILES string of the molecule is Cc1cc(Br)ccc1SCC(=O)N1CC[C@@H](N)C1. The lowest BCUT2D eigenvalue weighted by Gasteiger charge is -2.15. The molecule has 0 aromatic heterocycles.